The Morgan fingerprint density at radius 1 is 0.781 bits per heavy atom. The number of hydrogen-bond acceptors (Lipinski definition) is 4. The van der Waals surface area contributed by atoms with Crippen molar-refractivity contribution >= 4 is 22.5 Å². The Hall–Kier alpha value is -4.12. The fraction of sp³-hybridized carbons (Fsp3) is 0.111. The van der Waals surface area contributed by atoms with E-state index in [9.17, 15) is 9.59 Å². The van der Waals surface area contributed by atoms with E-state index in [1.807, 2.05) is 84.9 Å². The van der Waals surface area contributed by atoms with Crippen molar-refractivity contribution in [2.24, 2.45) is 0 Å². The van der Waals surface area contributed by atoms with Gasteiger partial charge in [-0.2, -0.15) is 0 Å². The number of rotatable bonds is 8. The molecule has 0 atom stereocenters. The van der Waals surface area contributed by atoms with Crippen molar-refractivity contribution in [3.05, 3.63) is 102 Å². The third-order valence-electron chi connectivity index (χ3n) is 5.13. The molecule has 0 saturated carbocycles. The predicted molar refractivity (Wildman–Crippen MR) is 125 cm³/mol. The Kier molecular flexibility index (Phi) is 6.46. The van der Waals surface area contributed by atoms with Gasteiger partial charge in [0.2, 0.25) is 0 Å². The number of carbonyl (C=O) groups excluding carboxylic acids is 2. The molecule has 0 bridgehead atoms. The maximum Gasteiger partial charge on any atom is 0.252 e. The number of para-hydroxylation sites is 1. The molecular formula is C27H23NO4. The first-order valence-corrected chi connectivity index (χ1v) is 10.3. The fourth-order valence-corrected chi connectivity index (χ4v) is 3.49. The standard InChI is InChI=1S/C27H23NO4/c1-31-22-13-15-23(16-14-22)32-26-12-5-3-8-20(26)17-21(29)18-28-27(30)25-11-6-9-19-7-2-4-10-24(19)25/h2-16H,17-18H2,1H3,(H,28,30). The number of ether oxygens (including phenoxy) is 2. The molecule has 160 valence electrons. The lowest BCUT2D eigenvalue weighted by atomic mass is 10.0. The molecule has 4 rings (SSSR count). The van der Waals surface area contributed by atoms with Crippen LogP contribution in [0.1, 0.15) is 15.9 Å². The molecule has 0 spiro atoms. The molecule has 4 aromatic carbocycles. The molecule has 0 heterocycles. The van der Waals surface area contributed by atoms with E-state index in [2.05, 4.69) is 5.32 Å². The SMILES string of the molecule is COc1ccc(Oc2ccccc2CC(=O)CNC(=O)c2cccc3ccccc23)cc1. The van der Waals surface area contributed by atoms with E-state index < -0.39 is 0 Å². The van der Waals surface area contributed by atoms with Crippen LogP contribution in [-0.4, -0.2) is 25.3 Å². The molecule has 0 radical (unpaired) electrons. The van der Waals surface area contributed by atoms with Crippen molar-refractivity contribution in [1.29, 1.82) is 0 Å². The van der Waals surface area contributed by atoms with Gasteiger partial charge in [-0.05, 0) is 47.2 Å². The van der Waals surface area contributed by atoms with E-state index in [1.165, 1.54) is 0 Å². The summed E-state index contributed by atoms with van der Waals surface area (Å²) in [5.41, 5.74) is 1.31. The zero-order chi connectivity index (χ0) is 22.3. The van der Waals surface area contributed by atoms with Crippen LogP contribution in [0.4, 0.5) is 0 Å². The van der Waals surface area contributed by atoms with Crippen LogP contribution in [0.5, 0.6) is 17.2 Å². The van der Waals surface area contributed by atoms with E-state index >= 15 is 0 Å². The maximum absolute atomic E-state index is 12.7. The second kappa shape index (κ2) is 9.79. The van der Waals surface area contributed by atoms with Gasteiger partial charge in [-0.1, -0.05) is 54.6 Å². The minimum absolute atomic E-state index is 0.0566. The Labute approximate surface area is 186 Å². The molecule has 0 saturated heterocycles. The summed E-state index contributed by atoms with van der Waals surface area (Å²) < 4.78 is 11.1. The Morgan fingerprint density at radius 2 is 1.47 bits per heavy atom. The lowest BCUT2D eigenvalue weighted by Crippen LogP contribution is -2.30. The van der Waals surface area contributed by atoms with E-state index in [0.717, 1.165) is 22.1 Å². The second-order valence-corrected chi connectivity index (χ2v) is 7.31. The Bertz CT molecular complexity index is 1240. The number of amides is 1. The number of fused-ring (bicyclic) bond motifs is 1. The number of benzene rings is 4. The molecule has 5 nitrogen and oxygen atoms in total. The molecular weight excluding hydrogens is 402 g/mol. The maximum atomic E-state index is 12.7. The number of methoxy groups -OCH3 is 1. The molecule has 0 aliphatic carbocycles. The Balaban J connectivity index is 1.40. The molecule has 0 fully saturated rings. The first-order chi connectivity index (χ1) is 15.6. The van der Waals surface area contributed by atoms with Gasteiger partial charge in [-0.25, -0.2) is 0 Å². The van der Waals surface area contributed by atoms with Crippen molar-refractivity contribution in [3.8, 4) is 17.2 Å². The highest BCUT2D eigenvalue weighted by molar-refractivity contribution is 6.07. The third kappa shape index (κ3) is 4.95. The topological polar surface area (TPSA) is 64.6 Å². The summed E-state index contributed by atoms with van der Waals surface area (Å²) in [4.78, 5) is 25.3. The van der Waals surface area contributed by atoms with Gasteiger partial charge in [0.05, 0.1) is 13.7 Å². The van der Waals surface area contributed by atoms with Crippen LogP contribution in [0.15, 0.2) is 91.0 Å². The van der Waals surface area contributed by atoms with Gasteiger partial charge >= 0.3 is 0 Å². The van der Waals surface area contributed by atoms with Crippen LogP contribution >= 0.6 is 0 Å². The minimum atomic E-state index is -0.266. The van der Waals surface area contributed by atoms with E-state index in [-0.39, 0.29) is 24.7 Å². The minimum Gasteiger partial charge on any atom is -0.497 e. The van der Waals surface area contributed by atoms with Crippen LogP contribution < -0.4 is 14.8 Å². The number of ketones is 1. The quantitative estimate of drug-likeness (QED) is 0.422. The number of Topliss-reactive ketones (excluding diaryl/α,β-unsaturated/α-hetero) is 1. The molecule has 4 aromatic rings. The summed E-state index contributed by atoms with van der Waals surface area (Å²) in [5.74, 6) is 1.62. The number of carbonyl (C=O) groups is 2. The molecule has 0 aliphatic rings. The van der Waals surface area contributed by atoms with Gasteiger partial charge < -0.3 is 14.8 Å². The van der Waals surface area contributed by atoms with E-state index in [0.29, 0.717) is 17.1 Å². The normalized spacial score (nSPS) is 10.5. The molecule has 0 unspecified atom stereocenters. The van der Waals surface area contributed by atoms with E-state index in [4.69, 9.17) is 9.47 Å². The second-order valence-electron chi connectivity index (χ2n) is 7.31. The summed E-state index contributed by atoms with van der Waals surface area (Å²) >= 11 is 0. The molecule has 0 aromatic heterocycles. The highest BCUT2D eigenvalue weighted by Crippen LogP contribution is 2.27. The first-order valence-electron chi connectivity index (χ1n) is 10.3. The van der Waals surface area contributed by atoms with Crippen LogP contribution in [-0.2, 0) is 11.2 Å². The monoisotopic (exact) mass is 425 g/mol. The predicted octanol–water partition coefficient (Wildman–Crippen LogP) is 5.18. The van der Waals surface area contributed by atoms with Crippen molar-refractivity contribution < 1.29 is 19.1 Å². The van der Waals surface area contributed by atoms with Crippen LogP contribution in [0.2, 0.25) is 0 Å². The number of hydrogen-bond donors (Lipinski definition) is 1. The largest absolute Gasteiger partial charge is 0.497 e. The van der Waals surface area contributed by atoms with Gasteiger partial charge in [0.25, 0.3) is 5.91 Å². The van der Waals surface area contributed by atoms with E-state index in [1.54, 1.807) is 13.2 Å². The number of nitrogens with one attached hydrogen (secondary N) is 1. The summed E-state index contributed by atoms with van der Waals surface area (Å²) in [6.45, 7) is -0.0566. The lowest BCUT2D eigenvalue weighted by Gasteiger charge is -2.12. The lowest BCUT2D eigenvalue weighted by molar-refractivity contribution is -0.117. The fourth-order valence-electron chi connectivity index (χ4n) is 3.49. The van der Waals surface area contributed by atoms with Crippen LogP contribution in [0, 0.1) is 0 Å². The van der Waals surface area contributed by atoms with Gasteiger partial charge in [0, 0.05) is 17.5 Å². The van der Waals surface area contributed by atoms with Crippen LogP contribution in [0.3, 0.4) is 0 Å². The molecule has 1 amide bonds. The molecule has 0 aliphatic heterocycles. The Morgan fingerprint density at radius 3 is 2.28 bits per heavy atom. The summed E-state index contributed by atoms with van der Waals surface area (Å²) in [6, 6.07) is 27.9. The smallest absolute Gasteiger partial charge is 0.252 e. The molecule has 1 N–H and O–H groups in total. The molecule has 32 heavy (non-hydrogen) atoms. The van der Waals surface area contributed by atoms with Gasteiger partial charge in [-0.15, -0.1) is 0 Å². The van der Waals surface area contributed by atoms with Crippen molar-refractivity contribution in [2.75, 3.05) is 13.7 Å². The highest BCUT2D eigenvalue weighted by Gasteiger charge is 2.13. The van der Waals surface area contributed by atoms with Crippen LogP contribution in [0.25, 0.3) is 10.8 Å². The first kappa shape index (κ1) is 21.1. The zero-order valence-electron chi connectivity index (χ0n) is 17.7. The summed E-state index contributed by atoms with van der Waals surface area (Å²) in [7, 11) is 1.61. The summed E-state index contributed by atoms with van der Waals surface area (Å²) in [5, 5.41) is 4.59. The van der Waals surface area contributed by atoms with Gasteiger partial charge in [0.15, 0.2) is 5.78 Å². The third-order valence-corrected chi connectivity index (χ3v) is 5.13. The zero-order valence-corrected chi connectivity index (χ0v) is 17.7. The summed E-state index contributed by atoms with van der Waals surface area (Å²) in [6.07, 6.45) is 0.155. The molecule has 5 heteroatoms. The van der Waals surface area contributed by atoms with Crippen molar-refractivity contribution in [1.82, 2.24) is 5.32 Å². The average Bonchev–Trinajstić information content (AvgIpc) is 2.84. The van der Waals surface area contributed by atoms with Gasteiger partial charge in [-0.3, -0.25) is 9.59 Å². The van der Waals surface area contributed by atoms with Crippen molar-refractivity contribution in [2.45, 2.75) is 6.42 Å². The van der Waals surface area contributed by atoms with Crippen molar-refractivity contribution in [3.63, 3.8) is 0 Å². The van der Waals surface area contributed by atoms with Gasteiger partial charge in [0.1, 0.15) is 17.2 Å². The average molecular weight is 425 g/mol. The highest BCUT2D eigenvalue weighted by atomic mass is 16.5.